The molecular formula is C20H18F3N5O2. The van der Waals surface area contributed by atoms with Gasteiger partial charge in [0.2, 0.25) is 0 Å². The average molecular weight is 417 g/mol. The Morgan fingerprint density at radius 3 is 2.40 bits per heavy atom. The van der Waals surface area contributed by atoms with E-state index in [2.05, 4.69) is 14.8 Å². The second kappa shape index (κ2) is 7.36. The van der Waals surface area contributed by atoms with Crippen LogP contribution in [0.2, 0.25) is 0 Å². The molecule has 7 nitrogen and oxygen atoms in total. The molecule has 30 heavy (non-hydrogen) atoms. The summed E-state index contributed by atoms with van der Waals surface area (Å²) in [6, 6.07) is 5.15. The van der Waals surface area contributed by atoms with Crippen LogP contribution in [0.15, 0.2) is 54.0 Å². The number of pyridine rings is 1. The number of ether oxygens (including phenoxy) is 1. The van der Waals surface area contributed by atoms with Gasteiger partial charge in [-0.15, -0.1) is 13.2 Å². The number of halogens is 3. The molecular weight excluding hydrogens is 399 g/mol. The number of hydrogen-bond donors (Lipinski definition) is 0. The second-order valence-electron chi connectivity index (χ2n) is 6.57. The zero-order valence-corrected chi connectivity index (χ0v) is 16.2. The second-order valence-corrected chi connectivity index (χ2v) is 6.57. The van der Waals surface area contributed by atoms with Gasteiger partial charge in [-0.25, -0.2) is 4.98 Å². The highest BCUT2D eigenvalue weighted by molar-refractivity contribution is 5.91. The largest absolute Gasteiger partial charge is 0.573 e. The van der Waals surface area contributed by atoms with E-state index in [-0.39, 0.29) is 11.3 Å². The van der Waals surface area contributed by atoms with Crippen LogP contribution < -0.4 is 10.3 Å². The minimum Gasteiger partial charge on any atom is -0.406 e. The Bertz CT molecular complexity index is 1250. The van der Waals surface area contributed by atoms with Gasteiger partial charge in [-0.05, 0) is 38.1 Å². The fourth-order valence-electron chi connectivity index (χ4n) is 3.29. The van der Waals surface area contributed by atoms with E-state index in [4.69, 9.17) is 0 Å². The first-order chi connectivity index (χ1) is 14.3. The van der Waals surface area contributed by atoms with Gasteiger partial charge in [0.15, 0.2) is 0 Å². The van der Waals surface area contributed by atoms with Crippen LogP contribution in [-0.4, -0.2) is 30.3 Å². The highest BCUT2D eigenvalue weighted by Gasteiger charge is 2.31. The highest BCUT2D eigenvalue weighted by atomic mass is 19.4. The Morgan fingerprint density at radius 2 is 1.80 bits per heavy atom. The fourth-order valence-corrected chi connectivity index (χ4v) is 3.29. The molecule has 0 atom stereocenters. The molecule has 0 aliphatic rings. The third kappa shape index (κ3) is 3.56. The van der Waals surface area contributed by atoms with Gasteiger partial charge in [-0.1, -0.05) is 0 Å². The van der Waals surface area contributed by atoms with Crippen molar-refractivity contribution in [1.82, 2.24) is 23.9 Å². The molecule has 0 fully saturated rings. The summed E-state index contributed by atoms with van der Waals surface area (Å²) in [5, 5.41) is 4.29. The van der Waals surface area contributed by atoms with Crippen molar-refractivity contribution in [2.75, 3.05) is 0 Å². The van der Waals surface area contributed by atoms with E-state index < -0.39 is 6.36 Å². The Morgan fingerprint density at radius 1 is 1.07 bits per heavy atom. The van der Waals surface area contributed by atoms with E-state index in [0.717, 1.165) is 5.56 Å². The molecule has 0 spiro atoms. The first-order valence-electron chi connectivity index (χ1n) is 9.30. The van der Waals surface area contributed by atoms with Crippen molar-refractivity contribution in [1.29, 1.82) is 0 Å². The quantitative estimate of drug-likeness (QED) is 0.493. The van der Waals surface area contributed by atoms with E-state index in [9.17, 15) is 18.0 Å². The lowest BCUT2D eigenvalue weighted by molar-refractivity contribution is -0.274. The number of alkyl halides is 3. The van der Waals surface area contributed by atoms with Crippen molar-refractivity contribution < 1.29 is 17.9 Å². The van der Waals surface area contributed by atoms with Crippen LogP contribution >= 0.6 is 0 Å². The number of rotatable bonds is 5. The predicted octanol–water partition coefficient (Wildman–Crippen LogP) is 3.99. The standard InChI is InChI=1S/C20H18F3N5O2/c1-3-26-12-24-17-16(13-9-25-27(4-2)10-13)11-28(19(29)18(17)26)14-5-7-15(8-6-14)30-20(21,22)23/h5-12H,3-4H2,1-2H3. The summed E-state index contributed by atoms with van der Waals surface area (Å²) in [6.45, 7) is 5.09. The Hall–Kier alpha value is -3.56. The van der Waals surface area contributed by atoms with Crippen molar-refractivity contribution in [3.8, 4) is 22.6 Å². The topological polar surface area (TPSA) is 66.9 Å². The van der Waals surface area contributed by atoms with Crippen molar-refractivity contribution in [2.45, 2.75) is 33.3 Å². The van der Waals surface area contributed by atoms with Crippen LogP contribution in [0, 0.1) is 0 Å². The molecule has 156 valence electrons. The van der Waals surface area contributed by atoms with Crippen LogP contribution in [-0.2, 0) is 13.1 Å². The average Bonchev–Trinajstić information content (AvgIpc) is 3.35. The summed E-state index contributed by atoms with van der Waals surface area (Å²) in [7, 11) is 0. The Kier molecular flexibility index (Phi) is 4.84. The third-order valence-corrected chi connectivity index (χ3v) is 4.73. The van der Waals surface area contributed by atoms with E-state index in [1.54, 1.807) is 28.0 Å². The first-order valence-corrected chi connectivity index (χ1v) is 9.30. The molecule has 0 bridgehead atoms. The fraction of sp³-hybridized carbons (Fsp3) is 0.250. The van der Waals surface area contributed by atoms with Gasteiger partial charge in [-0.2, -0.15) is 5.10 Å². The highest BCUT2D eigenvalue weighted by Crippen LogP contribution is 2.28. The monoisotopic (exact) mass is 417 g/mol. The molecule has 4 aromatic rings. The number of aryl methyl sites for hydroxylation is 2. The molecule has 0 saturated carbocycles. The summed E-state index contributed by atoms with van der Waals surface area (Å²) >= 11 is 0. The maximum Gasteiger partial charge on any atom is 0.573 e. The lowest BCUT2D eigenvalue weighted by Gasteiger charge is -2.12. The van der Waals surface area contributed by atoms with Crippen molar-refractivity contribution >= 4 is 11.0 Å². The van der Waals surface area contributed by atoms with E-state index in [0.29, 0.717) is 35.4 Å². The van der Waals surface area contributed by atoms with E-state index in [1.165, 1.54) is 28.8 Å². The van der Waals surface area contributed by atoms with Crippen LogP contribution in [0.3, 0.4) is 0 Å². The molecule has 1 aromatic carbocycles. The molecule has 0 aliphatic heterocycles. The molecule has 3 heterocycles. The van der Waals surface area contributed by atoms with Gasteiger partial charge >= 0.3 is 6.36 Å². The van der Waals surface area contributed by atoms with E-state index >= 15 is 0 Å². The molecule has 3 aromatic heterocycles. The minimum absolute atomic E-state index is 0.319. The number of aromatic nitrogens is 5. The molecule has 0 amide bonds. The summed E-state index contributed by atoms with van der Waals surface area (Å²) in [6.07, 6.45) is 2.00. The lowest BCUT2D eigenvalue weighted by Crippen LogP contribution is -2.21. The number of nitrogens with zero attached hydrogens (tertiary/aromatic N) is 5. The molecule has 4 rings (SSSR count). The van der Waals surface area contributed by atoms with Crippen molar-refractivity contribution in [3.05, 3.63) is 59.5 Å². The molecule has 10 heteroatoms. The molecule has 0 saturated heterocycles. The predicted molar refractivity (Wildman–Crippen MR) is 105 cm³/mol. The van der Waals surface area contributed by atoms with Gasteiger partial charge in [0.1, 0.15) is 16.8 Å². The summed E-state index contributed by atoms with van der Waals surface area (Å²) < 4.78 is 46.1. The van der Waals surface area contributed by atoms with Gasteiger partial charge < -0.3 is 9.30 Å². The van der Waals surface area contributed by atoms with Crippen LogP contribution in [0.5, 0.6) is 5.75 Å². The molecule has 0 N–H and O–H groups in total. The Labute approximate surface area is 168 Å². The number of hydrogen-bond acceptors (Lipinski definition) is 4. The summed E-state index contributed by atoms with van der Waals surface area (Å²) in [5.41, 5.74) is 2.53. The summed E-state index contributed by atoms with van der Waals surface area (Å²) in [5.74, 6) is -0.358. The SMILES string of the molecule is CCn1cc(-c2cn(-c3ccc(OC(F)(F)F)cc3)c(=O)c3c2ncn3CC)cn1. The van der Waals surface area contributed by atoms with Crippen LogP contribution in [0.1, 0.15) is 13.8 Å². The van der Waals surface area contributed by atoms with Crippen LogP contribution in [0.25, 0.3) is 27.8 Å². The van der Waals surface area contributed by atoms with Gasteiger partial charge in [-0.3, -0.25) is 14.0 Å². The Balaban J connectivity index is 1.89. The maximum atomic E-state index is 13.2. The van der Waals surface area contributed by atoms with Gasteiger partial charge in [0, 0.05) is 42.3 Å². The van der Waals surface area contributed by atoms with E-state index in [1.807, 2.05) is 20.0 Å². The molecule has 0 unspecified atom stereocenters. The smallest absolute Gasteiger partial charge is 0.406 e. The van der Waals surface area contributed by atoms with Gasteiger partial charge in [0.25, 0.3) is 5.56 Å². The minimum atomic E-state index is -4.78. The maximum absolute atomic E-state index is 13.2. The zero-order valence-electron chi connectivity index (χ0n) is 16.2. The number of fused-ring (bicyclic) bond motifs is 1. The number of imidazole rings is 1. The normalized spacial score (nSPS) is 11.9. The third-order valence-electron chi connectivity index (χ3n) is 4.73. The molecule has 0 aliphatic carbocycles. The zero-order chi connectivity index (χ0) is 21.5. The van der Waals surface area contributed by atoms with Crippen LogP contribution in [0.4, 0.5) is 13.2 Å². The lowest BCUT2D eigenvalue weighted by atomic mass is 10.1. The van der Waals surface area contributed by atoms with Gasteiger partial charge in [0.05, 0.1) is 12.5 Å². The first kappa shape index (κ1) is 19.7. The molecule has 0 radical (unpaired) electrons. The van der Waals surface area contributed by atoms with Crippen molar-refractivity contribution in [3.63, 3.8) is 0 Å². The summed E-state index contributed by atoms with van der Waals surface area (Å²) in [4.78, 5) is 17.6. The van der Waals surface area contributed by atoms with Crippen molar-refractivity contribution in [2.24, 2.45) is 0 Å². The number of benzene rings is 1.